The number of carbonyl (C=O) groups is 1. The van der Waals surface area contributed by atoms with E-state index in [0.717, 1.165) is 30.7 Å². The Morgan fingerprint density at radius 2 is 2.03 bits per heavy atom. The second-order valence-electron chi connectivity index (χ2n) is 7.51. The van der Waals surface area contributed by atoms with Crippen LogP contribution >= 0.6 is 0 Å². The quantitative estimate of drug-likeness (QED) is 0.579. The summed E-state index contributed by atoms with van der Waals surface area (Å²) < 4.78 is 42.5. The molecule has 0 bridgehead atoms. The highest BCUT2D eigenvalue weighted by molar-refractivity contribution is 5.69. The maximum Gasteiger partial charge on any atom is 0.305 e. The maximum atomic E-state index is 13.3. The minimum atomic E-state index is -0.938. The fraction of sp³-hybridized carbons (Fsp3) is 0.435. The van der Waals surface area contributed by atoms with Gasteiger partial charge >= 0.3 is 5.97 Å². The number of nitrogens with zero attached hydrogens (tertiary/aromatic N) is 1. The van der Waals surface area contributed by atoms with Crippen LogP contribution in [0.4, 0.5) is 8.78 Å². The van der Waals surface area contributed by atoms with Gasteiger partial charge in [0.25, 0.3) is 0 Å². The molecule has 1 N–H and O–H groups in total. The van der Waals surface area contributed by atoms with Crippen molar-refractivity contribution in [3.8, 4) is 11.5 Å². The molecule has 0 saturated carbocycles. The van der Waals surface area contributed by atoms with Crippen molar-refractivity contribution >= 4 is 5.97 Å². The number of carbonyl (C=O) groups excluding carboxylic acids is 1. The smallest absolute Gasteiger partial charge is 0.305 e. The van der Waals surface area contributed by atoms with Crippen LogP contribution in [-0.2, 0) is 16.0 Å². The van der Waals surface area contributed by atoms with E-state index in [-0.39, 0.29) is 30.9 Å². The number of hydrogen-bond acceptors (Lipinski definition) is 6. The van der Waals surface area contributed by atoms with E-state index in [1.807, 2.05) is 23.1 Å². The van der Waals surface area contributed by atoms with Crippen molar-refractivity contribution < 1.29 is 32.9 Å². The van der Waals surface area contributed by atoms with Crippen molar-refractivity contribution in [2.45, 2.75) is 31.5 Å². The largest absolute Gasteiger partial charge is 0.491 e. The summed E-state index contributed by atoms with van der Waals surface area (Å²) in [5.74, 6) is -1.21. The maximum absolute atomic E-state index is 13.3. The first-order valence-electron chi connectivity index (χ1n) is 10.2. The minimum Gasteiger partial charge on any atom is -0.491 e. The molecule has 31 heavy (non-hydrogen) atoms. The van der Waals surface area contributed by atoms with E-state index in [4.69, 9.17) is 9.47 Å². The summed E-state index contributed by atoms with van der Waals surface area (Å²) in [5, 5.41) is 10.4. The van der Waals surface area contributed by atoms with E-state index in [9.17, 15) is 18.7 Å². The highest BCUT2D eigenvalue weighted by Gasteiger charge is 2.26. The fourth-order valence-corrected chi connectivity index (χ4v) is 3.53. The standard InChI is InChI=1S/C23H27F2NO5/c1-29-23(28)9-6-16-4-2-3-5-22(16)30-15-17(27)13-26-11-10-19(14-26)31-18-7-8-20(24)21(25)12-18/h2-5,7-8,12,17,19,27H,6,9-11,13-15H2,1H3. The van der Waals surface area contributed by atoms with Gasteiger partial charge in [0.15, 0.2) is 11.6 Å². The van der Waals surface area contributed by atoms with Gasteiger partial charge in [0.05, 0.1) is 7.11 Å². The van der Waals surface area contributed by atoms with Gasteiger partial charge in [0.1, 0.15) is 30.3 Å². The summed E-state index contributed by atoms with van der Waals surface area (Å²) in [6.07, 6.45) is 0.608. The Balaban J connectivity index is 1.44. The molecule has 0 amide bonds. The Bertz CT molecular complexity index is 879. The molecule has 1 fully saturated rings. The van der Waals surface area contributed by atoms with Crippen molar-refractivity contribution in [3.63, 3.8) is 0 Å². The summed E-state index contributed by atoms with van der Waals surface area (Å²) in [7, 11) is 1.35. The van der Waals surface area contributed by atoms with Gasteiger partial charge in [-0.05, 0) is 36.6 Å². The van der Waals surface area contributed by atoms with E-state index in [2.05, 4.69) is 4.74 Å². The van der Waals surface area contributed by atoms with E-state index in [1.54, 1.807) is 6.07 Å². The second kappa shape index (κ2) is 11.1. The van der Waals surface area contributed by atoms with E-state index < -0.39 is 17.7 Å². The molecular weight excluding hydrogens is 408 g/mol. The van der Waals surface area contributed by atoms with Crippen LogP contribution in [0.2, 0.25) is 0 Å². The summed E-state index contributed by atoms with van der Waals surface area (Å²) in [4.78, 5) is 13.4. The number of rotatable bonds is 10. The molecule has 1 aliphatic heterocycles. The number of para-hydroxylation sites is 1. The van der Waals surface area contributed by atoms with Crippen molar-refractivity contribution in [3.05, 3.63) is 59.7 Å². The van der Waals surface area contributed by atoms with Gasteiger partial charge in [-0.15, -0.1) is 0 Å². The summed E-state index contributed by atoms with van der Waals surface area (Å²) in [5.41, 5.74) is 0.876. The third-order valence-electron chi connectivity index (χ3n) is 5.12. The molecule has 2 aromatic carbocycles. The SMILES string of the molecule is COC(=O)CCc1ccccc1OCC(O)CN1CCC(Oc2ccc(F)c(F)c2)C1. The third-order valence-corrected chi connectivity index (χ3v) is 5.12. The Kier molecular flexibility index (Phi) is 8.20. The Hall–Kier alpha value is -2.71. The van der Waals surface area contributed by atoms with E-state index in [0.29, 0.717) is 25.3 Å². The van der Waals surface area contributed by atoms with Crippen LogP contribution < -0.4 is 9.47 Å². The molecule has 1 aliphatic rings. The lowest BCUT2D eigenvalue weighted by atomic mass is 10.1. The number of benzene rings is 2. The van der Waals surface area contributed by atoms with Crippen molar-refractivity contribution in [2.75, 3.05) is 33.4 Å². The van der Waals surface area contributed by atoms with Gasteiger partial charge in [-0.1, -0.05) is 18.2 Å². The predicted octanol–water partition coefficient (Wildman–Crippen LogP) is 2.96. The molecule has 0 aliphatic carbocycles. The number of aryl methyl sites for hydroxylation is 1. The average Bonchev–Trinajstić information content (AvgIpc) is 3.20. The monoisotopic (exact) mass is 435 g/mol. The van der Waals surface area contributed by atoms with Crippen molar-refractivity contribution in [1.29, 1.82) is 0 Å². The topological polar surface area (TPSA) is 68.2 Å². The summed E-state index contributed by atoms with van der Waals surface area (Å²) in [6.45, 7) is 1.81. The van der Waals surface area contributed by atoms with Crippen molar-refractivity contribution in [1.82, 2.24) is 4.90 Å². The number of aliphatic hydroxyl groups excluding tert-OH is 1. The molecule has 0 spiro atoms. The first kappa shape index (κ1) is 23.0. The third kappa shape index (κ3) is 6.90. The number of halogens is 2. The van der Waals surface area contributed by atoms with E-state index in [1.165, 1.54) is 13.2 Å². The zero-order chi connectivity index (χ0) is 22.2. The highest BCUT2D eigenvalue weighted by atomic mass is 19.2. The molecule has 2 unspecified atom stereocenters. The average molecular weight is 435 g/mol. The molecule has 1 saturated heterocycles. The number of ether oxygens (including phenoxy) is 3. The molecule has 2 atom stereocenters. The van der Waals surface area contributed by atoms with Crippen LogP contribution in [0.1, 0.15) is 18.4 Å². The number of β-amino-alcohol motifs (C(OH)–C–C–N with tert-alkyl or cyclic N) is 1. The molecule has 6 nitrogen and oxygen atoms in total. The Labute approximate surface area is 180 Å². The summed E-state index contributed by atoms with van der Waals surface area (Å²) >= 11 is 0. The molecule has 0 radical (unpaired) electrons. The lowest BCUT2D eigenvalue weighted by molar-refractivity contribution is -0.140. The van der Waals surface area contributed by atoms with Crippen molar-refractivity contribution in [2.24, 2.45) is 0 Å². The fourth-order valence-electron chi connectivity index (χ4n) is 3.53. The number of likely N-dealkylation sites (tertiary alicyclic amines) is 1. The van der Waals surface area contributed by atoms with Crippen LogP contribution in [0.5, 0.6) is 11.5 Å². The molecular formula is C23H27F2NO5. The molecule has 0 aromatic heterocycles. The zero-order valence-electron chi connectivity index (χ0n) is 17.4. The van der Waals surface area contributed by atoms with Crippen LogP contribution in [0.3, 0.4) is 0 Å². The molecule has 168 valence electrons. The van der Waals surface area contributed by atoms with Crippen LogP contribution in [0, 0.1) is 11.6 Å². The first-order valence-corrected chi connectivity index (χ1v) is 10.2. The molecule has 1 heterocycles. The lowest BCUT2D eigenvalue weighted by Gasteiger charge is -2.21. The number of methoxy groups -OCH3 is 1. The van der Waals surface area contributed by atoms with Crippen LogP contribution in [0.15, 0.2) is 42.5 Å². The lowest BCUT2D eigenvalue weighted by Crippen LogP contribution is -2.35. The van der Waals surface area contributed by atoms with E-state index >= 15 is 0 Å². The molecule has 8 heteroatoms. The van der Waals surface area contributed by atoms with Gasteiger partial charge in [-0.2, -0.15) is 0 Å². The predicted molar refractivity (Wildman–Crippen MR) is 110 cm³/mol. The normalized spacial score (nSPS) is 17.4. The minimum absolute atomic E-state index is 0.112. The summed E-state index contributed by atoms with van der Waals surface area (Å²) in [6, 6.07) is 10.9. The van der Waals surface area contributed by atoms with Gasteiger partial charge in [-0.3, -0.25) is 9.69 Å². The van der Waals surface area contributed by atoms with Gasteiger partial charge in [0, 0.05) is 32.1 Å². The van der Waals surface area contributed by atoms with Crippen LogP contribution in [0.25, 0.3) is 0 Å². The second-order valence-corrected chi connectivity index (χ2v) is 7.51. The van der Waals surface area contributed by atoms with Gasteiger partial charge < -0.3 is 19.3 Å². The Morgan fingerprint density at radius 3 is 2.81 bits per heavy atom. The van der Waals surface area contributed by atoms with Crippen LogP contribution in [-0.4, -0.2) is 61.5 Å². The molecule has 2 aromatic rings. The molecule has 3 rings (SSSR count). The zero-order valence-corrected chi connectivity index (χ0v) is 17.4. The Morgan fingerprint density at radius 1 is 1.23 bits per heavy atom. The number of hydrogen-bond donors (Lipinski definition) is 1. The number of aliphatic hydroxyl groups is 1. The van der Waals surface area contributed by atoms with Gasteiger partial charge in [-0.25, -0.2) is 8.78 Å². The number of esters is 1. The first-order chi connectivity index (χ1) is 14.9. The van der Waals surface area contributed by atoms with Gasteiger partial charge in [0.2, 0.25) is 0 Å². The highest BCUT2D eigenvalue weighted by Crippen LogP contribution is 2.22.